The molecule has 0 spiro atoms. The molecule has 3 N–H and O–H groups in total. The summed E-state index contributed by atoms with van der Waals surface area (Å²) in [6.45, 7) is 7.41. The summed E-state index contributed by atoms with van der Waals surface area (Å²) in [4.78, 5) is 23.6. The fraction of sp³-hybridized carbons (Fsp3) is 0.474. The Kier molecular flexibility index (Phi) is 9.22. The molecule has 1 atom stereocenters. The first kappa shape index (κ1) is 21.5. The average molecular weight is 364 g/mol. The first-order chi connectivity index (χ1) is 12.4. The number of carboxylic acid groups (broad SMARTS) is 1. The maximum atomic E-state index is 12.8. The number of amides is 1. The predicted octanol–water partition coefficient (Wildman–Crippen LogP) is 2.16. The summed E-state index contributed by atoms with van der Waals surface area (Å²) in [6, 6.07) is 5.32. The van der Waals surface area contributed by atoms with Crippen molar-refractivity contribution in [1.82, 2.24) is 4.90 Å². The smallest absolute Gasteiger partial charge is 0.300 e. The van der Waals surface area contributed by atoms with Gasteiger partial charge >= 0.3 is 0 Å². The molecule has 1 saturated heterocycles. The van der Waals surface area contributed by atoms with Gasteiger partial charge in [-0.1, -0.05) is 6.08 Å². The van der Waals surface area contributed by atoms with E-state index in [1.165, 1.54) is 0 Å². The zero-order chi connectivity index (χ0) is 19.5. The normalized spacial score (nSPS) is 15.7. The molecule has 7 heteroatoms. The Hall–Kier alpha value is -2.54. The average Bonchev–Trinajstić information content (AvgIpc) is 3.10. The zero-order valence-corrected chi connectivity index (χ0v) is 15.4. The van der Waals surface area contributed by atoms with Gasteiger partial charge in [0, 0.05) is 20.0 Å². The minimum atomic E-state index is -0.833. The van der Waals surface area contributed by atoms with Gasteiger partial charge < -0.3 is 25.2 Å². The quantitative estimate of drug-likeness (QED) is 0.568. The molecular weight excluding hydrogens is 336 g/mol. The maximum Gasteiger partial charge on any atom is 0.300 e. The van der Waals surface area contributed by atoms with Crippen LogP contribution in [0.1, 0.15) is 30.1 Å². The van der Waals surface area contributed by atoms with Crippen molar-refractivity contribution in [2.24, 2.45) is 11.7 Å². The molecule has 1 aliphatic heterocycles. The van der Waals surface area contributed by atoms with Crippen LogP contribution < -0.4 is 15.2 Å². The molecule has 0 aliphatic carbocycles. The van der Waals surface area contributed by atoms with Crippen molar-refractivity contribution >= 4 is 11.9 Å². The molecule has 1 aromatic carbocycles. The third-order valence-electron chi connectivity index (χ3n) is 3.87. The van der Waals surface area contributed by atoms with Crippen molar-refractivity contribution in [3.8, 4) is 11.5 Å². The van der Waals surface area contributed by atoms with Crippen LogP contribution in [0.5, 0.6) is 11.5 Å². The van der Waals surface area contributed by atoms with Crippen LogP contribution in [-0.2, 0) is 4.79 Å². The fourth-order valence-electron chi connectivity index (χ4n) is 2.53. The van der Waals surface area contributed by atoms with Crippen LogP contribution in [0.4, 0.5) is 0 Å². The molecule has 1 fully saturated rings. The molecule has 1 amide bonds. The van der Waals surface area contributed by atoms with Crippen LogP contribution in [0.25, 0.3) is 0 Å². The summed E-state index contributed by atoms with van der Waals surface area (Å²) >= 11 is 0. The van der Waals surface area contributed by atoms with Crippen LogP contribution in [0, 0.1) is 5.92 Å². The molecule has 1 aromatic rings. The Balaban J connectivity index is 0.000000765. The van der Waals surface area contributed by atoms with Gasteiger partial charge in [0.05, 0.1) is 19.3 Å². The molecule has 0 aromatic heterocycles. The van der Waals surface area contributed by atoms with Crippen LogP contribution >= 0.6 is 0 Å². The van der Waals surface area contributed by atoms with E-state index in [0.29, 0.717) is 42.7 Å². The van der Waals surface area contributed by atoms with Gasteiger partial charge in [-0.25, -0.2) is 0 Å². The van der Waals surface area contributed by atoms with Crippen LogP contribution in [0.15, 0.2) is 30.9 Å². The zero-order valence-electron chi connectivity index (χ0n) is 15.4. The number of nitrogens with two attached hydrogens (primary N) is 1. The molecule has 2 rings (SSSR count). The number of rotatable bonds is 7. The largest absolute Gasteiger partial charge is 0.497 e. The van der Waals surface area contributed by atoms with E-state index in [4.69, 9.17) is 25.1 Å². The van der Waals surface area contributed by atoms with Crippen LogP contribution in [0.3, 0.4) is 0 Å². The molecule has 0 saturated carbocycles. The molecule has 1 aliphatic rings. The number of nitrogens with zero attached hydrogens (tertiary/aromatic N) is 1. The van der Waals surface area contributed by atoms with Crippen molar-refractivity contribution in [2.75, 3.05) is 33.4 Å². The van der Waals surface area contributed by atoms with Crippen molar-refractivity contribution in [2.45, 2.75) is 19.8 Å². The highest BCUT2D eigenvalue weighted by atomic mass is 16.5. The predicted molar refractivity (Wildman–Crippen MR) is 99.7 cm³/mol. The summed E-state index contributed by atoms with van der Waals surface area (Å²) in [7, 11) is 1.59. The second kappa shape index (κ2) is 11.1. The van der Waals surface area contributed by atoms with E-state index < -0.39 is 5.97 Å². The van der Waals surface area contributed by atoms with Crippen molar-refractivity contribution < 1.29 is 24.2 Å². The fourth-order valence-corrected chi connectivity index (χ4v) is 2.53. The standard InChI is InChI=1S/C17H24N2O3.C2H4O2/c1-3-13-7-9-19(12-13)17(20)15-11-14(21-2)5-6-16(15)22-10-4-8-18;1-2(3)4/h3,5-6,11,13H,1,4,7-10,12,18H2,2H3;1H3,(H,3,4). The van der Waals surface area contributed by atoms with Gasteiger partial charge in [-0.15, -0.1) is 6.58 Å². The van der Waals surface area contributed by atoms with Gasteiger partial charge in [0.2, 0.25) is 0 Å². The number of likely N-dealkylation sites (tertiary alicyclic amines) is 1. The first-order valence-electron chi connectivity index (χ1n) is 8.55. The van der Waals surface area contributed by atoms with Crippen molar-refractivity contribution in [3.05, 3.63) is 36.4 Å². The Morgan fingerprint density at radius 2 is 2.15 bits per heavy atom. The monoisotopic (exact) mass is 364 g/mol. The van der Waals surface area contributed by atoms with Gasteiger partial charge in [-0.2, -0.15) is 0 Å². The van der Waals surface area contributed by atoms with Gasteiger partial charge in [-0.05, 0) is 43.5 Å². The van der Waals surface area contributed by atoms with Gasteiger partial charge in [0.1, 0.15) is 11.5 Å². The summed E-state index contributed by atoms with van der Waals surface area (Å²) < 4.78 is 10.9. The van der Waals surface area contributed by atoms with E-state index >= 15 is 0 Å². The van der Waals surface area contributed by atoms with Gasteiger partial charge in [-0.3, -0.25) is 9.59 Å². The Morgan fingerprint density at radius 1 is 1.46 bits per heavy atom. The van der Waals surface area contributed by atoms with Crippen LogP contribution in [-0.4, -0.2) is 55.2 Å². The third-order valence-corrected chi connectivity index (χ3v) is 3.87. The molecule has 1 heterocycles. The number of hydrogen-bond donors (Lipinski definition) is 2. The van der Waals surface area contributed by atoms with E-state index in [1.807, 2.05) is 11.0 Å². The second-order valence-electron chi connectivity index (χ2n) is 5.91. The summed E-state index contributed by atoms with van der Waals surface area (Å²) in [5.74, 6) is 0.748. The van der Waals surface area contributed by atoms with Gasteiger partial charge in [0.15, 0.2) is 0 Å². The molecule has 7 nitrogen and oxygen atoms in total. The van der Waals surface area contributed by atoms with E-state index in [2.05, 4.69) is 6.58 Å². The highest BCUT2D eigenvalue weighted by Gasteiger charge is 2.27. The molecule has 26 heavy (non-hydrogen) atoms. The summed E-state index contributed by atoms with van der Waals surface area (Å²) in [6.07, 6.45) is 3.63. The molecule has 0 bridgehead atoms. The number of methoxy groups -OCH3 is 1. The number of hydrogen-bond acceptors (Lipinski definition) is 5. The van der Waals surface area contributed by atoms with E-state index in [0.717, 1.165) is 26.3 Å². The summed E-state index contributed by atoms with van der Waals surface area (Å²) in [5.41, 5.74) is 6.02. The minimum absolute atomic E-state index is 0.0222. The van der Waals surface area contributed by atoms with Crippen molar-refractivity contribution in [1.29, 1.82) is 0 Å². The highest BCUT2D eigenvalue weighted by molar-refractivity contribution is 5.97. The maximum absolute atomic E-state index is 12.8. The SMILES string of the molecule is C=CC1CCN(C(=O)c2cc(OC)ccc2OCCCN)C1.CC(=O)O. The van der Waals surface area contributed by atoms with Crippen molar-refractivity contribution in [3.63, 3.8) is 0 Å². The van der Waals surface area contributed by atoms with Crippen LogP contribution in [0.2, 0.25) is 0 Å². The summed E-state index contributed by atoms with van der Waals surface area (Å²) in [5, 5.41) is 7.42. The lowest BCUT2D eigenvalue weighted by atomic mass is 10.1. The number of carboxylic acids is 1. The lowest BCUT2D eigenvalue weighted by Gasteiger charge is -2.19. The Morgan fingerprint density at radius 3 is 2.69 bits per heavy atom. The molecule has 0 radical (unpaired) electrons. The first-order valence-corrected chi connectivity index (χ1v) is 8.55. The molecule has 1 unspecified atom stereocenters. The van der Waals surface area contributed by atoms with E-state index in [9.17, 15) is 4.79 Å². The number of benzene rings is 1. The van der Waals surface area contributed by atoms with E-state index in [-0.39, 0.29) is 5.91 Å². The second-order valence-corrected chi connectivity index (χ2v) is 5.91. The highest BCUT2D eigenvalue weighted by Crippen LogP contribution is 2.28. The number of aliphatic carboxylic acids is 1. The number of ether oxygens (including phenoxy) is 2. The molecule has 144 valence electrons. The number of carbonyl (C=O) groups is 2. The number of carbonyl (C=O) groups excluding carboxylic acids is 1. The van der Waals surface area contributed by atoms with Gasteiger partial charge in [0.25, 0.3) is 11.9 Å². The molecular formula is C19H28N2O5. The Bertz CT molecular complexity index is 614. The topological polar surface area (TPSA) is 102 Å². The lowest BCUT2D eigenvalue weighted by Crippen LogP contribution is -2.29. The Labute approximate surface area is 154 Å². The third kappa shape index (κ3) is 6.76. The van der Waals surface area contributed by atoms with E-state index in [1.54, 1.807) is 25.3 Å². The lowest BCUT2D eigenvalue weighted by molar-refractivity contribution is -0.134. The minimum Gasteiger partial charge on any atom is -0.497 e.